The third kappa shape index (κ3) is 5.12. The highest BCUT2D eigenvalue weighted by atomic mass is 19.1. The topological polar surface area (TPSA) is 138 Å². The molecule has 152 valence electrons. The summed E-state index contributed by atoms with van der Waals surface area (Å²) in [7, 11) is 1.58. The fourth-order valence-electron chi connectivity index (χ4n) is 2.71. The smallest absolute Gasteiger partial charge is 0.290 e. The normalized spacial score (nSPS) is 18.2. The second-order valence-corrected chi connectivity index (χ2v) is 6.38. The number of aromatic nitrogens is 1. The van der Waals surface area contributed by atoms with Gasteiger partial charge >= 0.3 is 0 Å². The number of nitrogens with zero attached hydrogens (tertiary/aromatic N) is 3. The molecular formula is C19H20FN5O4. The summed E-state index contributed by atoms with van der Waals surface area (Å²) in [6.07, 6.45) is 1.15. The first-order valence-electron chi connectivity index (χ1n) is 8.43. The highest BCUT2D eigenvalue weighted by Crippen LogP contribution is 2.34. The molecule has 0 aliphatic carbocycles. The van der Waals surface area contributed by atoms with Crippen LogP contribution < -0.4 is 11.1 Å². The largest absolute Gasteiger partial charge is 0.483 e. The standard InChI is InChI=1S/C18H18FN5O2.CH2O2/c1-18(9-15(25)24(2)17(20)23-18)11-4-3-5-13(8-11)22-16(26)14-7-6-12(19)10-21-14;2-1-3/h3-8,10H,9H2,1-2H3,(H2,20,23)(H,22,26);1H,(H,2,3)/t18-;/m0./s1. The number of carboxylic acid groups (broad SMARTS) is 1. The fraction of sp³-hybridized carbons (Fsp3) is 0.211. The van der Waals surface area contributed by atoms with E-state index in [1.54, 1.807) is 25.2 Å². The van der Waals surface area contributed by atoms with Gasteiger partial charge in [-0.3, -0.25) is 19.3 Å². The van der Waals surface area contributed by atoms with E-state index in [1.165, 1.54) is 17.0 Å². The summed E-state index contributed by atoms with van der Waals surface area (Å²) in [5.41, 5.74) is 6.37. The second-order valence-electron chi connectivity index (χ2n) is 6.38. The van der Waals surface area contributed by atoms with Crippen LogP contribution >= 0.6 is 0 Å². The van der Waals surface area contributed by atoms with Gasteiger partial charge in [-0.05, 0) is 36.8 Å². The number of aliphatic imine (C=N–C) groups is 1. The van der Waals surface area contributed by atoms with E-state index in [9.17, 15) is 14.0 Å². The number of anilines is 1. The number of benzene rings is 1. The van der Waals surface area contributed by atoms with E-state index in [4.69, 9.17) is 15.6 Å². The molecule has 1 atom stereocenters. The van der Waals surface area contributed by atoms with Crippen LogP contribution in [0.15, 0.2) is 47.6 Å². The monoisotopic (exact) mass is 401 g/mol. The summed E-state index contributed by atoms with van der Waals surface area (Å²) >= 11 is 0. The van der Waals surface area contributed by atoms with Gasteiger partial charge in [-0.2, -0.15) is 0 Å². The maximum Gasteiger partial charge on any atom is 0.290 e. The van der Waals surface area contributed by atoms with Crippen LogP contribution in [0.1, 0.15) is 29.4 Å². The first-order valence-corrected chi connectivity index (χ1v) is 8.43. The highest BCUT2D eigenvalue weighted by Gasteiger charge is 2.36. The third-order valence-electron chi connectivity index (χ3n) is 4.28. The molecule has 0 radical (unpaired) electrons. The quantitative estimate of drug-likeness (QED) is 0.668. The van der Waals surface area contributed by atoms with E-state index >= 15 is 0 Å². The molecule has 1 aromatic carbocycles. The van der Waals surface area contributed by atoms with Gasteiger partial charge < -0.3 is 16.2 Å². The van der Waals surface area contributed by atoms with Crippen molar-refractivity contribution in [1.29, 1.82) is 0 Å². The van der Waals surface area contributed by atoms with Crippen LogP contribution in [0.3, 0.4) is 0 Å². The Balaban J connectivity index is 0.000000941. The minimum absolute atomic E-state index is 0.0970. The number of pyridine rings is 1. The summed E-state index contributed by atoms with van der Waals surface area (Å²) in [5, 5.41) is 9.60. The molecule has 29 heavy (non-hydrogen) atoms. The zero-order valence-corrected chi connectivity index (χ0v) is 15.8. The molecule has 2 heterocycles. The van der Waals surface area contributed by atoms with Crippen LogP contribution in [0, 0.1) is 5.82 Å². The van der Waals surface area contributed by atoms with Crippen molar-refractivity contribution in [2.75, 3.05) is 12.4 Å². The van der Waals surface area contributed by atoms with Crippen LogP contribution in [0.2, 0.25) is 0 Å². The van der Waals surface area contributed by atoms with Gasteiger partial charge in [-0.1, -0.05) is 12.1 Å². The van der Waals surface area contributed by atoms with E-state index in [2.05, 4.69) is 15.3 Å². The molecule has 0 saturated heterocycles. The van der Waals surface area contributed by atoms with Crippen molar-refractivity contribution in [3.05, 3.63) is 59.7 Å². The van der Waals surface area contributed by atoms with Crippen molar-refractivity contribution in [3.8, 4) is 0 Å². The Bertz CT molecular complexity index is 948. The van der Waals surface area contributed by atoms with E-state index in [0.29, 0.717) is 5.69 Å². The maximum absolute atomic E-state index is 12.9. The number of hydrogen-bond donors (Lipinski definition) is 3. The Hall–Kier alpha value is -3.82. The van der Waals surface area contributed by atoms with Crippen molar-refractivity contribution in [2.24, 2.45) is 10.7 Å². The average molecular weight is 401 g/mol. The van der Waals surface area contributed by atoms with Crippen molar-refractivity contribution >= 4 is 29.9 Å². The molecule has 0 unspecified atom stereocenters. The molecule has 3 rings (SSSR count). The molecule has 0 fully saturated rings. The first-order chi connectivity index (χ1) is 13.7. The SMILES string of the molecule is CN1C(=O)C[C@@](C)(c2cccc(NC(=O)c3ccc(F)cn3)c2)N=C1N.O=CO. The van der Waals surface area contributed by atoms with Crippen molar-refractivity contribution in [2.45, 2.75) is 18.9 Å². The van der Waals surface area contributed by atoms with Crippen LogP contribution in [0.5, 0.6) is 0 Å². The van der Waals surface area contributed by atoms with E-state index in [-0.39, 0.29) is 30.5 Å². The fourth-order valence-corrected chi connectivity index (χ4v) is 2.71. The van der Waals surface area contributed by atoms with Crippen LogP contribution in [0.4, 0.5) is 10.1 Å². The molecule has 4 N–H and O–H groups in total. The molecule has 9 nitrogen and oxygen atoms in total. The molecule has 0 saturated carbocycles. The molecule has 2 amide bonds. The Labute approximate surface area is 166 Å². The predicted octanol–water partition coefficient (Wildman–Crippen LogP) is 1.57. The number of nitrogens with one attached hydrogen (secondary N) is 1. The lowest BCUT2D eigenvalue weighted by Gasteiger charge is -2.33. The Morgan fingerprint density at radius 3 is 2.66 bits per heavy atom. The molecule has 10 heteroatoms. The summed E-state index contributed by atoms with van der Waals surface area (Å²) in [5.74, 6) is -0.965. The lowest BCUT2D eigenvalue weighted by Crippen LogP contribution is -2.47. The number of hydrogen-bond acceptors (Lipinski definition) is 6. The van der Waals surface area contributed by atoms with Crippen molar-refractivity contribution in [3.63, 3.8) is 0 Å². The minimum atomic E-state index is -0.817. The van der Waals surface area contributed by atoms with Gasteiger partial charge in [0.2, 0.25) is 5.91 Å². The van der Waals surface area contributed by atoms with Gasteiger partial charge in [0.1, 0.15) is 11.5 Å². The number of carbonyl (C=O) groups excluding carboxylic acids is 2. The maximum atomic E-state index is 12.9. The predicted molar refractivity (Wildman–Crippen MR) is 104 cm³/mol. The van der Waals surface area contributed by atoms with Crippen molar-refractivity contribution < 1.29 is 23.9 Å². The minimum Gasteiger partial charge on any atom is -0.483 e. The molecular weight excluding hydrogens is 381 g/mol. The Morgan fingerprint density at radius 1 is 1.38 bits per heavy atom. The van der Waals surface area contributed by atoms with Gasteiger partial charge in [0.05, 0.1) is 18.2 Å². The number of guanidine groups is 1. The van der Waals surface area contributed by atoms with Gasteiger partial charge in [-0.25, -0.2) is 14.4 Å². The number of carbonyl (C=O) groups is 3. The van der Waals surface area contributed by atoms with E-state index < -0.39 is 17.3 Å². The lowest BCUT2D eigenvalue weighted by atomic mass is 9.87. The Kier molecular flexibility index (Phi) is 6.60. The second kappa shape index (κ2) is 8.91. The molecule has 0 spiro atoms. The van der Waals surface area contributed by atoms with Gasteiger partial charge in [0, 0.05) is 12.7 Å². The van der Waals surface area contributed by atoms with E-state index in [0.717, 1.165) is 11.8 Å². The zero-order chi connectivity index (χ0) is 21.6. The third-order valence-corrected chi connectivity index (χ3v) is 4.28. The van der Waals surface area contributed by atoms with Gasteiger partial charge in [0.15, 0.2) is 5.96 Å². The summed E-state index contributed by atoms with van der Waals surface area (Å²) < 4.78 is 12.9. The zero-order valence-electron chi connectivity index (χ0n) is 15.8. The number of rotatable bonds is 3. The molecule has 1 aliphatic rings. The summed E-state index contributed by atoms with van der Waals surface area (Å²) in [6.45, 7) is 1.56. The van der Waals surface area contributed by atoms with Crippen LogP contribution in [-0.2, 0) is 15.1 Å². The number of amides is 2. The Morgan fingerprint density at radius 2 is 2.07 bits per heavy atom. The van der Waals surface area contributed by atoms with Crippen LogP contribution in [-0.4, -0.2) is 46.3 Å². The van der Waals surface area contributed by atoms with E-state index in [1.807, 2.05) is 13.0 Å². The number of nitrogens with two attached hydrogens (primary N) is 1. The highest BCUT2D eigenvalue weighted by molar-refractivity contribution is 6.03. The van der Waals surface area contributed by atoms with Crippen LogP contribution in [0.25, 0.3) is 0 Å². The molecule has 0 bridgehead atoms. The molecule has 1 aliphatic heterocycles. The summed E-state index contributed by atoms with van der Waals surface area (Å²) in [4.78, 5) is 42.2. The molecule has 1 aromatic heterocycles. The average Bonchev–Trinajstić information content (AvgIpc) is 2.67. The number of halogens is 1. The summed E-state index contributed by atoms with van der Waals surface area (Å²) in [6, 6.07) is 9.48. The first kappa shape index (κ1) is 21.5. The molecule has 2 aromatic rings. The lowest BCUT2D eigenvalue weighted by molar-refractivity contribution is -0.128. The van der Waals surface area contributed by atoms with Gasteiger partial charge in [0.25, 0.3) is 12.4 Å². The van der Waals surface area contributed by atoms with Gasteiger partial charge in [-0.15, -0.1) is 0 Å². The van der Waals surface area contributed by atoms with Crippen molar-refractivity contribution in [1.82, 2.24) is 9.88 Å².